The third-order valence-electron chi connectivity index (χ3n) is 4.48. The Labute approximate surface area is 157 Å². The van der Waals surface area contributed by atoms with Gasteiger partial charge in [-0.15, -0.1) is 0 Å². The van der Waals surface area contributed by atoms with Crippen LogP contribution in [0.5, 0.6) is 0 Å². The molecule has 0 aliphatic carbocycles. The van der Waals surface area contributed by atoms with Gasteiger partial charge in [-0.25, -0.2) is 9.59 Å². The van der Waals surface area contributed by atoms with E-state index < -0.39 is 12.0 Å². The predicted octanol–water partition coefficient (Wildman–Crippen LogP) is 0.426. The number of benzene rings is 1. The average Bonchev–Trinajstić information content (AvgIpc) is 2.63. The van der Waals surface area contributed by atoms with Crippen LogP contribution in [-0.4, -0.2) is 51.5 Å². The number of urea groups is 1. The number of ether oxygens (including phenoxy) is 2. The highest BCUT2D eigenvalue weighted by molar-refractivity contribution is 6.30. The zero-order valence-electron chi connectivity index (χ0n) is 14.6. The van der Waals surface area contributed by atoms with Gasteiger partial charge in [0.15, 0.2) is 0 Å². The molecule has 0 spiro atoms. The number of morpholine rings is 1. The van der Waals surface area contributed by atoms with Crippen LogP contribution in [0.15, 0.2) is 35.5 Å². The Morgan fingerprint density at radius 1 is 1.31 bits per heavy atom. The van der Waals surface area contributed by atoms with Crippen molar-refractivity contribution in [2.45, 2.75) is 13.0 Å². The lowest BCUT2D eigenvalue weighted by molar-refractivity contribution is -0.903. The molecule has 3 rings (SSSR count). The van der Waals surface area contributed by atoms with Crippen molar-refractivity contribution in [2.24, 2.45) is 0 Å². The molecule has 8 heteroatoms. The first kappa shape index (κ1) is 18.7. The molecule has 1 atom stereocenters. The second kappa shape index (κ2) is 8.53. The van der Waals surface area contributed by atoms with E-state index in [-0.39, 0.29) is 12.6 Å². The predicted molar refractivity (Wildman–Crippen MR) is 95.9 cm³/mol. The standard InChI is InChI=1S/C18H22ClN3O4/c1-2-26-17(23)15-14(11-22-7-9-25-10-8-22)20-18(24)21-16(15)12-3-5-13(19)6-4-12/h3-6,16H,2,7-11H2,1H3,(H2,20,21,24)/p+1/t16-/m1/s1. The van der Waals surface area contributed by atoms with E-state index in [4.69, 9.17) is 21.1 Å². The van der Waals surface area contributed by atoms with E-state index in [0.717, 1.165) is 18.7 Å². The van der Waals surface area contributed by atoms with Gasteiger partial charge in [0.1, 0.15) is 19.6 Å². The van der Waals surface area contributed by atoms with Crippen molar-refractivity contribution in [1.82, 2.24) is 10.6 Å². The summed E-state index contributed by atoms with van der Waals surface area (Å²) in [6, 6.07) is 6.17. The van der Waals surface area contributed by atoms with Crippen LogP contribution >= 0.6 is 11.6 Å². The van der Waals surface area contributed by atoms with Crippen LogP contribution in [-0.2, 0) is 14.3 Å². The largest absolute Gasteiger partial charge is 0.463 e. The number of rotatable bonds is 5. The molecule has 140 valence electrons. The topological polar surface area (TPSA) is 81.1 Å². The van der Waals surface area contributed by atoms with Crippen LogP contribution < -0.4 is 15.5 Å². The first-order chi connectivity index (χ1) is 12.6. The highest BCUT2D eigenvalue weighted by Crippen LogP contribution is 2.28. The van der Waals surface area contributed by atoms with Crippen LogP contribution in [0, 0.1) is 0 Å². The normalized spacial score (nSPS) is 21.2. The van der Waals surface area contributed by atoms with E-state index in [1.165, 1.54) is 4.90 Å². The Balaban J connectivity index is 1.96. The lowest BCUT2D eigenvalue weighted by Gasteiger charge is -2.31. The Morgan fingerprint density at radius 3 is 2.65 bits per heavy atom. The maximum atomic E-state index is 12.7. The third-order valence-corrected chi connectivity index (χ3v) is 4.73. The molecule has 7 nitrogen and oxygen atoms in total. The van der Waals surface area contributed by atoms with Crippen molar-refractivity contribution in [1.29, 1.82) is 0 Å². The second-order valence-corrected chi connectivity index (χ2v) is 6.67. The van der Waals surface area contributed by atoms with Gasteiger partial charge in [-0.3, -0.25) is 0 Å². The number of carbonyl (C=O) groups is 2. The number of carbonyl (C=O) groups excluding carboxylic acids is 2. The first-order valence-electron chi connectivity index (χ1n) is 8.73. The summed E-state index contributed by atoms with van der Waals surface area (Å²) in [6.45, 7) is 5.56. The molecule has 1 aromatic carbocycles. The lowest BCUT2D eigenvalue weighted by atomic mass is 9.95. The highest BCUT2D eigenvalue weighted by atomic mass is 35.5. The van der Waals surface area contributed by atoms with Crippen molar-refractivity contribution < 1.29 is 24.0 Å². The minimum atomic E-state index is -0.574. The maximum Gasteiger partial charge on any atom is 0.338 e. The fraction of sp³-hybridized carbons (Fsp3) is 0.444. The van der Waals surface area contributed by atoms with Crippen LogP contribution in [0.2, 0.25) is 5.02 Å². The van der Waals surface area contributed by atoms with Crippen molar-refractivity contribution in [3.8, 4) is 0 Å². The lowest BCUT2D eigenvalue weighted by Crippen LogP contribution is -3.14. The molecule has 1 fully saturated rings. The van der Waals surface area contributed by atoms with Gasteiger partial charge in [-0.05, 0) is 24.6 Å². The number of nitrogens with one attached hydrogen (secondary N) is 3. The summed E-state index contributed by atoms with van der Waals surface area (Å²) in [6.07, 6.45) is 0. The summed E-state index contributed by atoms with van der Waals surface area (Å²) in [5.74, 6) is -0.428. The molecule has 2 aliphatic heterocycles. The third kappa shape index (κ3) is 4.35. The summed E-state index contributed by atoms with van der Waals surface area (Å²) in [4.78, 5) is 26.2. The quantitative estimate of drug-likeness (QED) is 0.647. The monoisotopic (exact) mass is 380 g/mol. The second-order valence-electron chi connectivity index (χ2n) is 6.23. The number of hydrogen-bond donors (Lipinski definition) is 3. The fourth-order valence-corrected chi connectivity index (χ4v) is 3.33. The molecule has 0 bridgehead atoms. The van der Waals surface area contributed by atoms with Gasteiger partial charge in [-0.1, -0.05) is 23.7 Å². The van der Waals surface area contributed by atoms with Crippen LogP contribution in [0.4, 0.5) is 4.79 Å². The zero-order chi connectivity index (χ0) is 18.5. The van der Waals surface area contributed by atoms with E-state index in [0.29, 0.717) is 36.1 Å². The van der Waals surface area contributed by atoms with E-state index in [1.807, 2.05) is 0 Å². The van der Waals surface area contributed by atoms with Gasteiger partial charge in [0, 0.05) is 5.02 Å². The maximum absolute atomic E-state index is 12.7. The molecular weight excluding hydrogens is 358 g/mol. The summed E-state index contributed by atoms with van der Waals surface area (Å²) in [7, 11) is 0. The van der Waals surface area contributed by atoms with Crippen molar-refractivity contribution in [3.63, 3.8) is 0 Å². The highest BCUT2D eigenvalue weighted by Gasteiger charge is 2.35. The molecule has 1 saturated heterocycles. The van der Waals surface area contributed by atoms with Crippen LogP contribution in [0.1, 0.15) is 18.5 Å². The van der Waals surface area contributed by atoms with Gasteiger partial charge in [-0.2, -0.15) is 0 Å². The fourth-order valence-electron chi connectivity index (χ4n) is 3.20. The van der Waals surface area contributed by atoms with Gasteiger partial charge in [0.25, 0.3) is 0 Å². The molecule has 2 aliphatic rings. The molecule has 2 heterocycles. The van der Waals surface area contributed by atoms with Crippen LogP contribution in [0.3, 0.4) is 0 Å². The van der Waals surface area contributed by atoms with Gasteiger partial charge < -0.3 is 25.0 Å². The SMILES string of the molecule is CCOC(=O)C1=C(C[NH+]2CCOCC2)NC(=O)N[C@@H]1c1ccc(Cl)cc1. The summed E-state index contributed by atoms with van der Waals surface area (Å²) < 4.78 is 10.6. The van der Waals surface area contributed by atoms with Crippen molar-refractivity contribution in [2.75, 3.05) is 39.5 Å². The molecule has 0 unspecified atom stereocenters. The molecule has 0 aromatic heterocycles. The van der Waals surface area contributed by atoms with E-state index >= 15 is 0 Å². The molecule has 2 amide bonds. The number of amides is 2. The Bertz CT molecular complexity index is 699. The number of halogens is 1. The Kier molecular flexibility index (Phi) is 6.13. The number of hydrogen-bond acceptors (Lipinski definition) is 4. The van der Waals surface area contributed by atoms with Gasteiger partial charge >= 0.3 is 12.0 Å². The molecule has 0 saturated carbocycles. The Morgan fingerprint density at radius 2 is 2.00 bits per heavy atom. The summed E-state index contributed by atoms with van der Waals surface area (Å²) >= 11 is 5.97. The van der Waals surface area contributed by atoms with E-state index in [1.54, 1.807) is 31.2 Å². The minimum absolute atomic E-state index is 0.265. The average molecular weight is 381 g/mol. The first-order valence-corrected chi connectivity index (χ1v) is 9.10. The molecular formula is C18H23ClN3O4+. The zero-order valence-corrected chi connectivity index (χ0v) is 15.4. The summed E-state index contributed by atoms with van der Waals surface area (Å²) in [5, 5.41) is 6.22. The molecule has 3 N–H and O–H groups in total. The van der Waals surface area contributed by atoms with Gasteiger partial charge in [0.2, 0.25) is 0 Å². The number of quaternary nitrogens is 1. The molecule has 26 heavy (non-hydrogen) atoms. The van der Waals surface area contributed by atoms with Crippen molar-refractivity contribution >= 4 is 23.6 Å². The summed E-state index contributed by atoms with van der Waals surface area (Å²) in [5.41, 5.74) is 1.82. The van der Waals surface area contributed by atoms with Gasteiger partial charge in [0.05, 0.1) is 37.1 Å². The minimum Gasteiger partial charge on any atom is -0.463 e. The molecule has 0 radical (unpaired) electrons. The van der Waals surface area contributed by atoms with Crippen molar-refractivity contribution in [3.05, 3.63) is 46.1 Å². The number of esters is 1. The smallest absolute Gasteiger partial charge is 0.338 e. The van der Waals surface area contributed by atoms with E-state index in [9.17, 15) is 9.59 Å². The van der Waals surface area contributed by atoms with E-state index in [2.05, 4.69) is 10.6 Å². The molecule has 1 aromatic rings. The van der Waals surface area contributed by atoms with Crippen LogP contribution in [0.25, 0.3) is 0 Å². The Hall–Kier alpha value is -2.09.